The Labute approximate surface area is 183 Å². The minimum absolute atomic E-state index is 0. The van der Waals surface area contributed by atoms with E-state index in [1.54, 1.807) is 11.6 Å². The molecule has 4 rings (SSSR count). The molecule has 30 heavy (non-hydrogen) atoms. The number of aromatic nitrogens is 2. The number of aliphatic hydroxyl groups is 1. The molecule has 0 spiro atoms. The van der Waals surface area contributed by atoms with Gasteiger partial charge in [-0.2, -0.15) is 5.10 Å². The van der Waals surface area contributed by atoms with Gasteiger partial charge in [-0.15, -0.1) is 12.4 Å². The normalized spacial score (nSPS) is 14.9. The molecule has 0 bridgehead atoms. The van der Waals surface area contributed by atoms with Crippen molar-refractivity contribution in [3.8, 4) is 5.69 Å². The summed E-state index contributed by atoms with van der Waals surface area (Å²) in [5, 5.41) is 14.4. The van der Waals surface area contributed by atoms with Crippen LogP contribution in [-0.4, -0.2) is 51.9 Å². The van der Waals surface area contributed by atoms with E-state index >= 15 is 0 Å². The molecule has 2 heterocycles. The molecule has 1 aromatic heterocycles. The van der Waals surface area contributed by atoms with Crippen LogP contribution in [0, 0.1) is 6.92 Å². The molecule has 1 unspecified atom stereocenters. The van der Waals surface area contributed by atoms with E-state index < -0.39 is 6.10 Å². The third-order valence-electron chi connectivity index (χ3n) is 5.34. The fourth-order valence-corrected chi connectivity index (χ4v) is 3.73. The number of para-hydroxylation sites is 1. The number of nitrogens with zero attached hydrogens (tertiary/aromatic N) is 4. The zero-order valence-electron chi connectivity index (χ0n) is 17.2. The van der Waals surface area contributed by atoms with Crippen LogP contribution < -0.4 is 4.90 Å². The molecule has 0 saturated carbocycles. The third kappa shape index (κ3) is 4.50. The fraction of sp³-hybridized carbons (Fsp3) is 0.304. The van der Waals surface area contributed by atoms with Crippen LogP contribution in [0.4, 0.5) is 5.69 Å². The van der Waals surface area contributed by atoms with Gasteiger partial charge in [0.05, 0.1) is 17.5 Å². The number of hydrogen-bond acceptors (Lipinski definition) is 4. The summed E-state index contributed by atoms with van der Waals surface area (Å²) in [6.45, 7) is 6.49. The quantitative estimate of drug-likeness (QED) is 0.692. The van der Waals surface area contributed by atoms with E-state index in [4.69, 9.17) is 0 Å². The molecule has 1 aliphatic heterocycles. The molecule has 1 saturated heterocycles. The first-order chi connectivity index (χ1) is 14.0. The van der Waals surface area contributed by atoms with Gasteiger partial charge in [0.25, 0.3) is 5.91 Å². The number of rotatable bonds is 4. The highest BCUT2D eigenvalue weighted by atomic mass is 35.5. The largest absolute Gasteiger partial charge is 0.389 e. The number of aryl methyl sites for hydroxylation is 1. The van der Waals surface area contributed by atoms with E-state index in [-0.39, 0.29) is 18.3 Å². The highest BCUT2D eigenvalue weighted by Gasteiger charge is 2.25. The predicted octanol–water partition coefficient (Wildman–Crippen LogP) is 3.62. The lowest BCUT2D eigenvalue weighted by Gasteiger charge is -2.36. The lowest BCUT2D eigenvalue weighted by atomic mass is 10.1. The molecular weight excluding hydrogens is 400 g/mol. The molecule has 0 aliphatic carbocycles. The first-order valence-corrected chi connectivity index (χ1v) is 9.97. The minimum atomic E-state index is -0.487. The fourth-order valence-electron chi connectivity index (χ4n) is 3.73. The molecular formula is C23H27ClN4O2. The average molecular weight is 427 g/mol. The molecule has 6 nitrogen and oxygen atoms in total. The van der Waals surface area contributed by atoms with Crippen LogP contribution in [0.25, 0.3) is 5.69 Å². The summed E-state index contributed by atoms with van der Waals surface area (Å²) in [4.78, 5) is 17.4. The van der Waals surface area contributed by atoms with Crippen LogP contribution >= 0.6 is 12.4 Å². The van der Waals surface area contributed by atoms with Gasteiger partial charge in [0.1, 0.15) is 5.69 Å². The molecule has 1 aliphatic rings. The molecule has 1 N–H and O–H groups in total. The van der Waals surface area contributed by atoms with E-state index in [2.05, 4.69) is 16.1 Å². The Morgan fingerprint density at radius 1 is 0.967 bits per heavy atom. The van der Waals surface area contributed by atoms with Crippen molar-refractivity contribution < 1.29 is 9.90 Å². The van der Waals surface area contributed by atoms with E-state index in [1.807, 2.05) is 66.4 Å². The molecule has 1 fully saturated rings. The summed E-state index contributed by atoms with van der Waals surface area (Å²) in [5.41, 5.74) is 4.30. The van der Waals surface area contributed by atoms with Gasteiger partial charge < -0.3 is 14.9 Å². The number of anilines is 1. The molecule has 1 amide bonds. The van der Waals surface area contributed by atoms with Crippen molar-refractivity contribution in [2.75, 3.05) is 31.1 Å². The Balaban J connectivity index is 0.00000256. The Bertz CT molecular complexity index is 995. The summed E-state index contributed by atoms with van der Waals surface area (Å²) >= 11 is 0. The Kier molecular flexibility index (Phi) is 6.80. The highest BCUT2D eigenvalue weighted by Crippen LogP contribution is 2.22. The molecule has 2 aromatic carbocycles. The molecule has 1 atom stereocenters. The number of halogens is 1. The predicted molar refractivity (Wildman–Crippen MR) is 121 cm³/mol. The van der Waals surface area contributed by atoms with E-state index in [0.29, 0.717) is 18.8 Å². The van der Waals surface area contributed by atoms with Crippen LogP contribution in [0.3, 0.4) is 0 Å². The molecule has 158 valence electrons. The SMILES string of the molecule is Cc1cc(C(=O)N2CCN(c3cccc(C(C)O)c3)CC2)n(-c2ccccc2)n1.Cl. The Hall–Kier alpha value is -2.83. The molecule has 3 aromatic rings. The average Bonchev–Trinajstić information content (AvgIpc) is 3.16. The topological polar surface area (TPSA) is 61.6 Å². The molecule has 7 heteroatoms. The van der Waals surface area contributed by atoms with E-state index in [0.717, 1.165) is 35.7 Å². The van der Waals surface area contributed by atoms with Crippen LogP contribution in [0.5, 0.6) is 0 Å². The van der Waals surface area contributed by atoms with Gasteiger partial charge >= 0.3 is 0 Å². The van der Waals surface area contributed by atoms with Gasteiger partial charge in [-0.3, -0.25) is 4.79 Å². The zero-order valence-corrected chi connectivity index (χ0v) is 18.0. The van der Waals surface area contributed by atoms with Crippen molar-refractivity contribution in [3.63, 3.8) is 0 Å². The second-order valence-corrected chi connectivity index (χ2v) is 7.47. The maximum atomic E-state index is 13.2. The molecule has 0 radical (unpaired) electrons. The number of benzene rings is 2. The summed E-state index contributed by atoms with van der Waals surface area (Å²) in [6, 6.07) is 19.6. The lowest BCUT2D eigenvalue weighted by molar-refractivity contribution is 0.0737. The third-order valence-corrected chi connectivity index (χ3v) is 5.34. The lowest BCUT2D eigenvalue weighted by Crippen LogP contribution is -2.49. The van der Waals surface area contributed by atoms with Crippen molar-refractivity contribution in [2.24, 2.45) is 0 Å². The van der Waals surface area contributed by atoms with E-state index in [9.17, 15) is 9.90 Å². The van der Waals surface area contributed by atoms with Crippen LogP contribution in [0.1, 0.15) is 34.8 Å². The van der Waals surface area contributed by atoms with E-state index in [1.165, 1.54) is 0 Å². The Morgan fingerprint density at radius 3 is 2.30 bits per heavy atom. The summed E-state index contributed by atoms with van der Waals surface area (Å²) in [7, 11) is 0. The second kappa shape index (κ2) is 9.32. The monoisotopic (exact) mass is 426 g/mol. The van der Waals surface area contributed by atoms with Crippen molar-refractivity contribution in [2.45, 2.75) is 20.0 Å². The second-order valence-electron chi connectivity index (χ2n) is 7.47. The van der Waals surface area contributed by atoms with Crippen LogP contribution in [0.2, 0.25) is 0 Å². The number of aliphatic hydroxyl groups excluding tert-OH is 1. The maximum absolute atomic E-state index is 13.2. The van der Waals surface area contributed by atoms with Crippen molar-refractivity contribution in [1.29, 1.82) is 0 Å². The van der Waals surface area contributed by atoms with Crippen molar-refractivity contribution in [1.82, 2.24) is 14.7 Å². The summed E-state index contributed by atoms with van der Waals surface area (Å²) in [5.74, 6) is 0.00633. The number of hydrogen-bond donors (Lipinski definition) is 1. The van der Waals surface area contributed by atoms with Gasteiger partial charge in [0.15, 0.2) is 0 Å². The first kappa shape index (κ1) is 21.9. The van der Waals surface area contributed by atoms with Gasteiger partial charge in [0, 0.05) is 31.9 Å². The van der Waals surface area contributed by atoms with Crippen molar-refractivity contribution in [3.05, 3.63) is 77.6 Å². The first-order valence-electron chi connectivity index (χ1n) is 9.97. The van der Waals surface area contributed by atoms with Gasteiger partial charge in [-0.25, -0.2) is 4.68 Å². The number of amides is 1. The van der Waals surface area contributed by atoms with Crippen LogP contribution in [0.15, 0.2) is 60.7 Å². The number of carbonyl (C=O) groups excluding carboxylic acids is 1. The minimum Gasteiger partial charge on any atom is -0.389 e. The summed E-state index contributed by atoms with van der Waals surface area (Å²) < 4.78 is 1.73. The number of carbonyl (C=O) groups is 1. The van der Waals surface area contributed by atoms with Gasteiger partial charge in [-0.1, -0.05) is 30.3 Å². The van der Waals surface area contributed by atoms with Gasteiger partial charge in [-0.05, 0) is 49.7 Å². The number of piperazine rings is 1. The maximum Gasteiger partial charge on any atom is 0.272 e. The Morgan fingerprint density at radius 2 is 1.63 bits per heavy atom. The van der Waals surface area contributed by atoms with Crippen molar-refractivity contribution >= 4 is 24.0 Å². The van der Waals surface area contributed by atoms with Crippen LogP contribution in [-0.2, 0) is 0 Å². The highest BCUT2D eigenvalue weighted by molar-refractivity contribution is 5.93. The summed E-state index contributed by atoms with van der Waals surface area (Å²) in [6.07, 6.45) is -0.487. The zero-order chi connectivity index (χ0) is 20.4. The standard InChI is InChI=1S/C23H26N4O2.ClH/c1-17-15-22(27(24-17)20-8-4-3-5-9-20)23(29)26-13-11-25(12-14-26)21-10-6-7-19(16-21)18(2)28;/h3-10,15-16,18,28H,11-14H2,1-2H3;1H. The smallest absolute Gasteiger partial charge is 0.272 e. The van der Waals surface area contributed by atoms with Gasteiger partial charge in [0.2, 0.25) is 0 Å².